The molecule has 3 aromatic rings. The van der Waals surface area contributed by atoms with Crippen molar-refractivity contribution < 1.29 is 22.7 Å². The Hall–Kier alpha value is -3.85. The van der Waals surface area contributed by atoms with Crippen LogP contribution in [-0.2, 0) is 6.18 Å². The molecule has 0 aliphatic heterocycles. The van der Waals surface area contributed by atoms with E-state index in [1.807, 2.05) is 30.3 Å². The van der Waals surface area contributed by atoms with Gasteiger partial charge in [-0.2, -0.15) is 18.4 Å². The molecule has 150 valence electrons. The minimum absolute atomic E-state index is 0.0381. The van der Waals surface area contributed by atoms with Crippen molar-refractivity contribution in [1.29, 1.82) is 5.26 Å². The van der Waals surface area contributed by atoms with Crippen LogP contribution in [0.2, 0.25) is 0 Å². The summed E-state index contributed by atoms with van der Waals surface area (Å²) in [6.45, 7) is 0. The lowest BCUT2D eigenvalue weighted by atomic mass is 9.95. The summed E-state index contributed by atoms with van der Waals surface area (Å²) in [7, 11) is 1.28. The molecule has 0 saturated carbocycles. The second-order valence-electron chi connectivity index (χ2n) is 6.38. The highest BCUT2D eigenvalue weighted by Crippen LogP contribution is 2.36. The molecule has 30 heavy (non-hydrogen) atoms. The molecule has 0 aromatic heterocycles. The molecule has 3 rings (SSSR count). The van der Waals surface area contributed by atoms with Gasteiger partial charge in [0.25, 0.3) is 0 Å². The molecule has 0 saturated heterocycles. The number of hydrogen-bond donors (Lipinski definition) is 0. The van der Waals surface area contributed by atoms with Gasteiger partial charge in [-0.25, -0.2) is 0 Å². The Bertz CT molecular complexity index is 1140. The number of methoxy groups -OCH3 is 1. The number of benzene rings is 3. The van der Waals surface area contributed by atoms with Gasteiger partial charge in [-0.15, -0.1) is 0 Å². The molecular formula is C24H16F3NO2. The zero-order valence-electron chi connectivity index (χ0n) is 15.9. The van der Waals surface area contributed by atoms with Gasteiger partial charge in [-0.1, -0.05) is 60.7 Å². The molecule has 0 bridgehead atoms. The maximum atomic E-state index is 13.5. The number of ether oxygens (including phenoxy) is 1. The van der Waals surface area contributed by atoms with E-state index in [0.29, 0.717) is 23.0 Å². The van der Waals surface area contributed by atoms with Gasteiger partial charge in [0.1, 0.15) is 11.8 Å². The number of carbonyl (C=O) groups is 1. The van der Waals surface area contributed by atoms with Gasteiger partial charge in [0.15, 0.2) is 6.29 Å². The van der Waals surface area contributed by atoms with Gasteiger partial charge in [0.2, 0.25) is 0 Å². The molecule has 6 heteroatoms. The third-order valence-electron chi connectivity index (χ3n) is 4.57. The van der Waals surface area contributed by atoms with Crippen LogP contribution in [-0.4, -0.2) is 13.4 Å². The first kappa shape index (κ1) is 20.9. The Kier molecular flexibility index (Phi) is 6.03. The van der Waals surface area contributed by atoms with Crippen LogP contribution >= 0.6 is 0 Å². The van der Waals surface area contributed by atoms with Crippen molar-refractivity contribution in [3.05, 3.63) is 88.5 Å². The highest BCUT2D eigenvalue weighted by Gasteiger charge is 2.34. The largest absolute Gasteiger partial charge is 0.496 e. The zero-order chi connectivity index (χ0) is 21.7. The number of alkyl halides is 3. The van der Waals surface area contributed by atoms with Gasteiger partial charge in [-0.3, -0.25) is 4.79 Å². The van der Waals surface area contributed by atoms with Crippen LogP contribution in [0.4, 0.5) is 13.2 Å². The average Bonchev–Trinajstić information content (AvgIpc) is 2.76. The summed E-state index contributed by atoms with van der Waals surface area (Å²) in [5.74, 6) is 0.0381. The SMILES string of the molecule is COc1cc(/C=C/c2cccc(-c3ccccc3)c2C#N)c(C(F)(F)F)cc1C=O. The lowest BCUT2D eigenvalue weighted by Crippen LogP contribution is -2.09. The highest BCUT2D eigenvalue weighted by molar-refractivity contribution is 5.84. The first-order valence-electron chi connectivity index (χ1n) is 8.90. The summed E-state index contributed by atoms with van der Waals surface area (Å²) in [5, 5.41) is 9.67. The van der Waals surface area contributed by atoms with Gasteiger partial charge in [0, 0.05) is 5.56 Å². The third kappa shape index (κ3) is 4.26. The quantitative estimate of drug-likeness (QED) is 0.372. The monoisotopic (exact) mass is 407 g/mol. The lowest BCUT2D eigenvalue weighted by molar-refractivity contribution is -0.137. The summed E-state index contributed by atoms with van der Waals surface area (Å²) in [6.07, 6.45) is -1.62. The number of carbonyl (C=O) groups excluding carboxylic acids is 1. The molecule has 0 spiro atoms. The topological polar surface area (TPSA) is 50.1 Å². The van der Waals surface area contributed by atoms with Crippen LogP contribution in [0, 0.1) is 11.3 Å². The van der Waals surface area contributed by atoms with E-state index in [1.54, 1.807) is 18.2 Å². The standard InChI is InChI=1S/C24H16F3NO2/c1-30-23-13-18(22(24(25,26)27)12-19(23)15-29)11-10-17-8-5-9-20(21(17)14-28)16-6-3-2-4-7-16/h2-13,15H,1H3/b11-10+. The first-order valence-corrected chi connectivity index (χ1v) is 8.90. The summed E-state index contributed by atoms with van der Waals surface area (Å²) >= 11 is 0. The molecule has 0 atom stereocenters. The van der Waals surface area contributed by atoms with E-state index in [9.17, 15) is 23.2 Å². The van der Waals surface area contributed by atoms with E-state index in [1.165, 1.54) is 19.3 Å². The van der Waals surface area contributed by atoms with E-state index in [2.05, 4.69) is 6.07 Å². The van der Waals surface area contributed by atoms with E-state index < -0.39 is 11.7 Å². The highest BCUT2D eigenvalue weighted by atomic mass is 19.4. The Morgan fingerprint density at radius 3 is 2.23 bits per heavy atom. The molecule has 0 aliphatic carbocycles. The molecular weight excluding hydrogens is 391 g/mol. The number of nitrogens with zero attached hydrogens (tertiary/aromatic N) is 1. The predicted octanol–water partition coefficient (Wildman–Crippen LogP) is 6.24. The van der Waals surface area contributed by atoms with Gasteiger partial charge < -0.3 is 4.74 Å². The molecule has 0 fully saturated rings. The smallest absolute Gasteiger partial charge is 0.417 e. The van der Waals surface area contributed by atoms with Crippen LogP contribution in [0.25, 0.3) is 23.3 Å². The molecule has 0 N–H and O–H groups in total. The fraction of sp³-hybridized carbons (Fsp3) is 0.0833. The maximum absolute atomic E-state index is 13.5. The van der Waals surface area contributed by atoms with Gasteiger partial charge in [0.05, 0.1) is 23.8 Å². The van der Waals surface area contributed by atoms with Crippen LogP contribution in [0.15, 0.2) is 60.7 Å². The second-order valence-corrected chi connectivity index (χ2v) is 6.38. The van der Waals surface area contributed by atoms with Crippen LogP contribution < -0.4 is 4.74 Å². The van der Waals surface area contributed by atoms with E-state index in [-0.39, 0.29) is 16.9 Å². The van der Waals surface area contributed by atoms with Crippen molar-refractivity contribution in [3.8, 4) is 22.9 Å². The molecule has 0 unspecified atom stereocenters. The van der Waals surface area contributed by atoms with Crippen LogP contribution in [0.1, 0.15) is 32.6 Å². The number of halogens is 3. The minimum atomic E-state index is -4.66. The van der Waals surface area contributed by atoms with Crippen LogP contribution in [0.5, 0.6) is 5.75 Å². The summed E-state index contributed by atoms with van der Waals surface area (Å²) in [4.78, 5) is 11.1. The summed E-state index contributed by atoms with van der Waals surface area (Å²) in [6, 6.07) is 18.5. The molecule has 0 aliphatic rings. The predicted molar refractivity (Wildman–Crippen MR) is 109 cm³/mol. The van der Waals surface area contributed by atoms with Gasteiger partial charge in [-0.05, 0) is 28.8 Å². The third-order valence-corrected chi connectivity index (χ3v) is 4.57. The minimum Gasteiger partial charge on any atom is -0.496 e. The summed E-state index contributed by atoms with van der Waals surface area (Å²) in [5.41, 5.74) is 1.03. The Labute approximate surface area is 171 Å². The normalized spacial score (nSPS) is 11.3. The zero-order valence-corrected chi connectivity index (χ0v) is 15.9. The van der Waals surface area contributed by atoms with Crippen molar-refractivity contribution in [3.63, 3.8) is 0 Å². The number of nitriles is 1. The fourth-order valence-corrected chi connectivity index (χ4v) is 3.14. The Morgan fingerprint density at radius 1 is 0.933 bits per heavy atom. The Balaban J connectivity index is 2.13. The summed E-state index contributed by atoms with van der Waals surface area (Å²) < 4.78 is 45.6. The van der Waals surface area contributed by atoms with Crippen molar-refractivity contribution in [2.24, 2.45) is 0 Å². The van der Waals surface area contributed by atoms with Crippen molar-refractivity contribution in [2.75, 3.05) is 7.11 Å². The van der Waals surface area contributed by atoms with E-state index in [4.69, 9.17) is 4.74 Å². The molecule has 0 radical (unpaired) electrons. The molecule has 3 nitrogen and oxygen atoms in total. The van der Waals surface area contributed by atoms with Crippen molar-refractivity contribution in [1.82, 2.24) is 0 Å². The van der Waals surface area contributed by atoms with E-state index in [0.717, 1.165) is 17.7 Å². The fourth-order valence-electron chi connectivity index (χ4n) is 3.14. The number of aldehydes is 1. The molecule has 3 aromatic carbocycles. The molecule has 0 heterocycles. The Morgan fingerprint density at radius 2 is 1.63 bits per heavy atom. The average molecular weight is 407 g/mol. The van der Waals surface area contributed by atoms with Crippen molar-refractivity contribution >= 4 is 18.4 Å². The first-order chi connectivity index (χ1) is 14.4. The number of hydrogen-bond acceptors (Lipinski definition) is 3. The lowest BCUT2D eigenvalue weighted by Gasteiger charge is -2.14. The van der Waals surface area contributed by atoms with E-state index >= 15 is 0 Å². The van der Waals surface area contributed by atoms with Crippen LogP contribution in [0.3, 0.4) is 0 Å². The second kappa shape index (κ2) is 8.66. The maximum Gasteiger partial charge on any atom is 0.417 e. The van der Waals surface area contributed by atoms with Crippen molar-refractivity contribution in [2.45, 2.75) is 6.18 Å². The molecule has 0 amide bonds. The van der Waals surface area contributed by atoms with Gasteiger partial charge >= 0.3 is 6.18 Å². The number of rotatable bonds is 5.